The highest BCUT2D eigenvalue weighted by Crippen LogP contribution is 2.59. The molecule has 8 atom stereocenters. The van der Waals surface area contributed by atoms with Gasteiger partial charge >= 0.3 is 0 Å². The third kappa shape index (κ3) is 7.04. The summed E-state index contributed by atoms with van der Waals surface area (Å²) in [5.74, 6) is 8.87. The number of carbonyl (C=O) groups excluding carboxylic acids is 1. The van der Waals surface area contributed by atoms with Gasteiger partial charge in [-0.25, -0.2) is 4.99 Å². The summed E-state index contributed by atoms with van der Waals surface area (Å²) in [6.07, 6.45) is 21.3. The molecule has 252 valence electrons. The number of aromatic hydroxyl groups is 1. The molecule has 7 heteroatoms. The van der Waals surface area contributed by atoms with Gasteiger partial charge in [0.2, 0.25) is 0 Å². The maximum absolute atomic E-state index is 13.0. The molecule has 0 spiro atoms. The van der Waals surface area contributed by atoms with Gasteiger partial charge in [0.1, 0.15) is 0 Å². The SMILES string of the molecule is CCC/C=C/C(=O)CCc1cc(OC2CCCC2)c(O)c2c1C#CC[C@H](N=C(N)N)[C@H]1C=C[C@H](OC)[C@@H]3[C@@H]1C=C1CC[C@H](C)C[C@H]1[C@H]23. The minimum atomic E-state index is -0.209. The number of nitrogens with two attached hydrogens (primary N) is 2. The first-order valence-electron chi connectivity index (χ1n) is 18.0. The number of phenolic OH excluding ortho intramolecular Hbond substituents is 1. The van der Waals surface area contributed by atoms with Crippen LogP contribution in [0.15, 0.2) is 47.0 Å². The Morgan fingerprint density at radius 3 is 2.72 bits per heavy atom. The number of methoxy groups -OCH3 is 1. The molecule has 0 radical (unpaired) electrons. The molecule has 6 rings (SSSR count). The fourth-order valence-corrected chi connectivity index (χ4v) is 9.14. The van der Waals surface area contributed by atoms with E-state index in [1.807, 2.05) is 12.1 Å². The fourth-order valence-electron chi connectivity index (χ4n) is 9.14. The van der Waals surface area contributed by atoms with Crippen molar-refractivity contribution in [3.63, 3.8) is 0 Å². The first-order valence-corrected chi connectivity index (χ1v) is 18.0. The average Bonchev–Trinajstić information content (AvgIpc) is 3.56. The maximum Gasteiger partial charge on any atom is 0.186 e. The van der Waals surface area contributed by atoms with Gasteiger partial charge in [0.25, 0.3) is 0 Å². The molecule has 0 heterocycles. The van der Waals surface area contributed by atoms with E-state index in [1.54, 1.807) is 13.2 Å². The summed E-state index contributed by atoms with van der Waals surface area (Å²) in [6, 6.07) is 1.76. The zero-order chi connectivity index (χ0) is 33.1. The Morgan fingerprint density at radius 2 is 1.98 bits per heavy atom. The number of aliphatic imine (C=N–C) groups is 1. The van der Waals surface area contributed by atoms with Crippen LogP contribution < -0.4 is 16.2 Å². The van der Waals surface area contributed by atoms with Crippen molar-refractivity contribution in [1.82, 2.24) is 0 Å². The lowest BCUT2D eigenvalue weighted by Crippen LogP contribution is -2.48. The molecule has 2 saturated carbocycles. The predicted molar refractivity (Wildman–Crippen MR) is 187 cm³/mol. The number of carbonyl (C=O) groups is 1. The number of hydrogen-bond donors (Lipinski definition) is 3. The zero-order valence-electron chi connectivity index (χ0n) is 28.4. The third-order valence-corrected chi connectivity index (χ3v) is 11.4. The number of rotatable bonds is 10. The molecule has 2 fully saturated rings. The predicted octanol–water partition coefficient (Wildman–Crippen LogP) is 6.86. The smallest absolute Gasteiger partial charge is 0.186 e. The lowest BCUT2D eigenvalue weighted by molar-refractivity contribution is -0.114. The Balaban J connectivity index is 1.57. The van der Waals surface area contributed by atoms with Gasteiger partial charge < -0.3 is 26.0 Å². The molecule has 1 aromatic rings. The van der Waals surface area contributed by atoms with Gasteiger partial charge in [-0.1, -0.05) is 62.0 Å². The average molecular weight is 640 g/mol. The zero-order valence-corrected chi connectivity index (χ0v) is 28.4. The second kappa shape index (κ2) is 14.7. The number of phenols is 1. The highest BCUT2D eigenvalue weighted by atomic mass is 16.5. The van der Waals surface area contributed by atoms with Crippen LogP contribution >= 0.6 is 0 Å². The maximum atomic E-state index is 13.0. The van der Waals surface area contributed by atoms with Crippen molar-refractivity contribution in [3.05, 3.63) is 58.7 Å². The number of unbranched alkanes of at least 4 members (excludes halogenated alkanes) is 1. The Kier molecular flexibility index (Phi) is 10.5. The van der Waals surface area contributed by atoms with Gasteiger partial charge in [-0.3, -0.25) is 4.79 Å². The van der Waals surface area contributed by atoms with Crippen molar-refractivity contribution in [2.24, 2.45) is 46.0 Å². The molecule has 1 aromatic carbocycles. The number of hydrogen-bond acceptors (Lipinski definition) is 5. The molecule has 5 N–H and O–H groups in total. The molecule has 0 aliphatic heterocycles. The van der Waals surface area contributed by atoms with Crippen molar-refractivity contribution < 1.29 is 19.4 Å². The van der Waals surface area contributed by atoms with Gasteiger partial charge in [-0.15, -0.1) is 0 Å². The van der Waals surface area contributed by atoms with E-state index in [1.165, 1.54) is 5.57 Å². The van der Waals surface area contributed by atoms with Crippen molar-refractivity contribution in [2.45, 2.75) is 115 Å². The van der Waals surface area contributed by atoms with Gasteiger partial charge in [0, 0.05) is 48.8 Å². The number of nitrogens with zero attached hydrogens (tertiary/aromatic N) is 1. The number of aryl methyl sites for hydroxylation is 1. The quantitative estimate of drug-likeness (QED) is 0.0846. The van der Waals surface area contributed by atoms with Crippen molar-refractivity contribution in [1.29, 1.82) is 0 Å². The van der Waals surface area contributed by atoms with Crippen LogP contribution in [0.3, 0.4) is 0 Å². The molecule has 0 saturated heterocycles. The first kappa shape index (κ1) is 33.4. The van der Waals surface area contributed by atoms with E-state index in [0.29, 0.717) is 30.9 Å². The van der Waals surface area contributed by atoms with Crippen LogP contribution in [0.2, 0.25) is 0 Å². The molecule has 5 aliphatic rings. The monoisotopic (exact) mass is 639 g/mol. The molecule has 0 unspecified atom stereocenters. The van der Waals surface area contributed by atoms with Gasteiger partial charge in [0.15, 0.2) is 23.2 Å². The fraction of sp³-hybridized carbons (Fsp3) is 0.600. The number of allylic oxidation sites excluding steroid dienone is 4. The van der Waals surface area contributed by atoms with Crippen LogP contribution in [0.1, 0.15) is 107 Å². The Bertz CT molecular complexity index is 1500. The number of ether oxygens (including phenoxy) is 2. The standard InChI is InChI=1S/C40H53N3O4/c1-4-5-6-10-27(44)18-17-26-23-35(47-28-11-7-8-12-28)39(45)38-29(26)13-9-14-33(43-40(41)42)30-19-20-34(46-3)36-32(30)22-25-16-15-24(2)21-31(25)37(36)38/h6,10,19-20,22-24,28,30-34,36-37,45H,4-5,7-8,11-12,14-18,21H2,1-3H3,(H4,41,42,43)/b10-6+/t24-,30-,31+,32+,33-,34-,36-,37-/m0/s1. The van der Waals surface area contributed by atoms with Crippen LogP contribution in [0, 0.1) is 41.4 Å². The number of fused-ring (bicyclic) bond motifs is 4. The Labute approximate surface area is 280 Å². The summed E-state index contributed by atoms with van der Waals surface area (Å²) < 4.78 is 12.9. The second-order valence-corrected chi connectivity index (χ2v) is 14.6. The highest BCUT2D eigenvalue weighted by molar-refractivity contribution is 5.89. The van der Waals surface area contributed by atoms with Crippen LogP contribution in [-0.2, 0) is 16.0 Å². The Hall–Kier alpha value is -3.50. The van der Waals surface area contributed by atoms with Crippen LogP contribution in [0.4, 0.5) is 0 Å². The van der Waals surface area contributed by atoms with Crippen LogP contribution in [-0.4, -0.2) is 42.2 Å². The summed E-state index contributed by atoms with van der Waals surface area (Å²) >= 11 is 0. The van der Waals surface area contributed by atoms with Crippen LogP contribution in [0.25, 0.3) is 0 Å². The molecule has 4 bridgehead atoms. The first-order chi connectivity index (χ1) is 22.8. The van der Waals surface area contributed by atoms with Crippen LogP contribution in [0.5, 0.6) is 11.5 Å². The Morgan fingerprint density at radius 1 is 1.17 bits per heavy atom. The van der Waals surface area contributed by atoms with E-state index in [4.69, 9.17) is 25.9 Å². The summed E-state index contributed by atoms with van der Waals surface area (Å²) in [7, 11) is 1.79. The van der Waals surface area contributed by atoms with Crippen molar-refractivity contribution >= 4 is 11.7 Å². The summed E-state index contributed by atoms with van der Waals surface area (Å²) in [5.41, 5.74) is 16.1. The van der Waals surface area contributed by atoms with E-state index < -0.39 is 0 Å². The lowest BCUT2D eigenvalue weighted by atomic mass is 9.53. The molecule has 0 amide bonds. The number of guanidine groups is 1. The minimum absolute atomic E-state index is 0.0449. The van der Waals surface area contributed by atoms with E-state index in [2.05, 4.69) is 43.9 Å². The minimum Gasteiger partial charge on any atom is -0.504 e. The lowest BCUT2D eigenvalue weighted by Gasteiger charge is -2.52. The molecule has 5 aliphatic carbocycles. The van der Waals surface area contributed by atoms with Gasteiger partial charge in [-0.05, 0) is 93.2 Å². The van der Waals surface area contributed by atoms with E-state index >= 15 is 0 Å². The van der Waals surface area contributed by atoms with E-state index in [0.717, 1.165) is 74.5 Å². The third-order valence-electron chi connectivity index (χ3n) is 11.4. The van der Waals surface area contributed by atoms with Gasteiger partial charge in [-0.2, -0.15) is 0 Å². The summed E-state index contributed by atoms with van der Waals surface area (Å²) in [5, 5.41) is 12.4. The molecule has 7 nitrogen and oxygen atoms in total. The molecular formula is C40H53N3O4. The normalized spacial score (nSPS) is 31.3. The largest absolute Gasteiger partial charge is 0.504 e. The number of benzene rings is 1. The molecule has 0 aromatic heterocycles. The van der Waals surface area contributed by atoms with Crippen molar-refractivity contribution in [2.75, 3.05) is 7.11 Å². The highest BCUT2D eigenvalue weighted by Gasteiger charge is 2.52. The van der Waals surface area contributed by atoms with E-state index in [-0.39, 0.29) is 65.3 Å². The molecule has 47 heavy (non-hydrogen) atoms. The summed E-state index contributed by atoms with van der Waals surface area (Å²) in [6.45, 7) is 4.45. The van der Waals surface area contributed by atoms with Crippen molar-refractivity contribution in [3.8, 4) is 23.3 Å². The van der Waals surface area contributed by atoms with E-state index in [9.17, 15) is 9.90 Å². The summed E-state index contributed by atoms with van der Waals surface area (Å²) in [4.78, 5) is 17.7. The molecular weight excluding hydrogens is 586 g/mol. The second-order valence-electron chi connectivity index (χ2n) is 14.6. The topological polar surface area (TPSA) is 120 Å². The number of ketones is 1. The van der Waals surface area contributed by atoms with Gasteiger partial charge in [0.05, 0.1) is 18.2 Å².